The van der Waals surface area contributed by atoms with Gasteiger partial charge in [0.1, 0.15) is 11.3 Å². The Bertz CT molecular complexity index is 696. The number of aryl methyl sites for hydroxylation is 1. The zero-order valence-corrected chi connectivity index (χ0v) is 11.1. The Labute approximate surface area is 114 Å². The quantitative estimate of drug-likeness (QED) is 0.768. The Morgan fingerprint density at radius 2 is 1.80 bits per heavy atom. The topological polar surface area (TPSA) is 82.4 Å². The number of esters is 1. The third-order valence-electron chi connectivity index (χ3n) is 2.98. The smallest absolute Gasteiger partial charge is 0.343 e. The first-order valence-electron chi connectivity index (χ1n) is 6.22. The number of ether oxygens (including phenoxy) is 1. The molecule has 1 heterocycles. The average Bonchev–Trinajstić information content (AvgIpc) is 2.43. The molecule has 0 aliphatic heterocycles. The Morgan fingerprint density at radius 1 is 1.15 bits per heavy atom. The van der Waals surface area contributed by atoms with Gasteiger partial charge in [0.2, 0.25) is 11.2 Å². The van der Waals surface area contributed by atoms with Gasteiger partial charge in [-0.2, -0.15) is 0 Å². The predicted octanol–water partition coefficient (Wildman–Crippen LogP) is 0.980. The summed E-state index contributed by atoms with van der Waals surface area (Å²) in [6.07, 6.45) is 3.44. The molecule has 0 bridgehead atoms. The number of aromatic nitrogens is 1. The van der Waals surface area contributed by atoms with Crippen LogP contribution in [0.5, 0.6) is 0 Å². The predicted molar refractivity (Wildman–Crippen MR) is 70.1 cm³/mol. The first kappa shape index (κ1) is 13.9. The van der Waals surface area contributed by atoms with Gasteiger partial charge in [0.25, 0.3) is 0 Å². The second kappa shape index (κ2) is 5.24. The fourth-order valence-electron chi connectivity index (χ4n) is 2.08. The third-order valence-corrected chi connectivity index (χ3v) is 2.98. The maximum atomic E-state index is 12.2. The molecule has 1 aliphatic rings. The van der Waals surface area contributed by atoms with Crippen molar-refractivity contribution in [1.29, 1.82) is 0 Å². The molecule has 0 aromatic carbocycles. The van der Waals surface area contributed by atoms with Gasteiger partial charge >= 0.3 is 5.97 Å². The van der Waals surface area contributed by atoms with E-state index < -0.39 is 23.0 Å². The minimum atomic E-state index is -0.794. The lowest BCUT2D eigenvalue weighted by molar-refractivity contribution is 0.0523. The number of allylic oxidation sites excluding steroid dienone is 2. The highest BCUT2D eigenvalue weighted by Gasteiger charge is 2.28. The zero-order valence-electron chi connectivity index (χ0n) is 11.1. The van der Waals surface area contributed by atoms with Crippen molar-refractivity contribution < 1.29 is 19.1 Å². The molecule has 0 radical (unpaired) electrons. The van der Waals surface area contributed by atoms with Gasteiger partial charge in [-0.1, -0.05) is 0 Å². The van der Waals surface area contributed by atoms with E-state index in [0.717, 1.165) is 12.2 Å². The van der Waals surface area contributed by atoms with E-state index in [2.05, 4.69) is 0 Å². The maximum absolute atomic E-state index is 12.2. The first-order chi connectivity index (χ1) is 9.51. The number of rotatable bonds is 3. The van der Waals surface area contributed by atoms with Crippen molar-refractivity contribution >= 4 is 17.5 Å². The Morgan fingerprint density at radius 3 is 2.40 bits per heavy atom. The molecule has 1 aromatic heterocycles. The summed E-state index contributed by atoms with van der Waals surface area (Å²) in [5, 5.41) is 0. The molecule has 6 nitrogen and oxygen atoms in total. The summed E-state index contributed by atoms with van der Waals surface area (Å²) in [5.74, 6) is -1.79. The molecule has 0 saturated heterocycles. The number of pyridine rings is 1. The van der Waals surface area contributed by atoms with Crippen LogP contribution in [0.2, 0.25) is 0 Å². The summed E-state index contributed by atoms with van der Waals surface area (Å²) >= 11 is 0. The van der Waals surface area contributed by atoms with Crippen LogP contribution in [0.15, 0.2) is 23.1 Å². The largest absolute Gasteiger partial charge is 0.462 e. The molecule has 104 valence electrons. The number of nitrogens with zero attached hydrogens (tertiary/aromatic N) is 1. The first-order valence-corrected chi connectivity index (χ1v) is 6.22. The van der Waals surface area contributed by atoms with E-state index in [-0.39, 0.29) is 23.4 Å². The van der Waals surface area contributed by atoms with Gasteiger partial charge in [-0.3, -0.25) is 14.4 Å². The van der Waals surface area contributed by atoms with Gasteiger partial charge in [-0.05, 0) is 26.0 Å². The zero-order chi connectivity index (χ0) is 14.9. The number of carbonyl (C=O) groups is 3. The average molecular weight is 275 g/mol. The lowest BCUT2D eigenvalue weighted by atomic mass is 9.97. The van der Waals surface area contributed by atoms with E-state index in [4.69, 9.17) is 4.74 Å². The molecule has 0 amide bonds. The van der Waals surface area contributed by atoms with Crippen LogP contribution in [0.25, 0.3) is 0 Å². The summed E-state index contributed by atoms with van der Waals surface area (Å²) < 4.78 is 6.22. The summed E-state index contributed by atoms with van der Waals surface area (Å²) in [6.45, 7) is 3.83. The lowest BCUT2D eigenvalue weighted by Gasteiger charge is -2.16. The Hall–Kier alpha value is -2.50. The van der Waals surface area contributed by atoms with Crippen molar-refractivity contribution in [2.45, 2.75) is 20.4 Å². The van der Waals surface area contributed by atoms with Gasteiger partial charge in [0.15, 0.2) is 5.78 Å². The summed E-state index contributed by atoms with van der Waals surface area (Å²) in [5.41, 5.74) is -1.22. The second-order valence-electron chi connectivity index (χ2n) is 4.16. The van der Waals surface area contributed by atoms with Crippen LogP contribution in [0.1, 0.15) is 45.1 Å². The molecule has 2 rings (SSSR count). The summed E-state index contributed by atoms with van der Waals surface area (Å²) in [6, 6.07) is 0. The molecule has 0 fully saturated rings. The Kier molecular flexibility index (Phi) is 3.65. The van der Waals surface area contributed by atoms with E-state index >= 15 is 0 Å². The Balaban J connectivity index is 2.76. The normalized spacial score (nSPS) is 13.3. The van der Waals surface area contributed by atoms with E-state index in [0.29, 0.717) is 6.54 Å². The van der Waals surface area contributed by atoms with Crippen molar-refractivity contribution in [3.8, 4) is 0 Å². The molecule has 1 aliphatic carbocycles. The minimum absolute atomic E-state index is 0.0260. The van der Waals surface area contributed by atoms with Crippen molar-refractivity contribution in [2.75, 3.05) is 6.61 Å². The molecule has 0 N–H and O–H groups in total. The van der Waals surface area contributed by atoms with Gasteiger partial charge in [0.05, 0.1) is 12.2 Å². The van der Waals surface area contributed by atoms with Crippen LogP contribution in [-0.4, -0.2) is 28.7 Å². The summed E-state index contributed by atoms with van der Waals surface area (Å²) in [4.78, 5) is 47.7. The highest BCUT2D eigenvalue weighted by Crippen LogP contribution is 2.15. The monoisotopic (exact) mass is 275 g/mol. The summed E-state index contributed by atoms with van der Waals surface area (Å²) in [7, 11) is 0. The highest BCUT2D eigenvalue weighted by molar-refractivity contribution is 6.21. The van der Waals surface area contributed by atoms with Crippen molar-refractivity contribution in [3.63, 3.8) is 0 Å². The number of hydrogen-bond donors (Lipinski definition) is 0. The van der Waals surface area contributed by atoms with Gasteiger partial charge < -0.3 is 9.30 Å². The molecule has 0 spiro atoms. The number of ketones is 2. The molecule has 1 aromatic rings. The molecular weight excluding hydrogens is 262 g/mol. The second-order valence-corrected chi connectivity index (χ2v) is 4.16. The minimum Gasteiger partial charge on any atom is -0.462 e. The van der Waals surface area contributed by atoms with Gasteiger partial charge in [-0.25, -0.2) is 4.79 Å². The standard InChI is InChI=1S/C14H13NO5/c1-3-15-7-8(14(19)20-4-2)13(18)11-9(16)5-6-10(17)12(11)15/h5-7H,3-4H2,1-2H3. The molecule has 6 heteroatoms. The van der Waals surface area contributed by atoms with E-state index in [1.165, 1.54) is 10.8 Å². The van der Waals surface area contributed by atoms with E-state index in [9.17, 15) is 19.2 Å². The molecule has 0 saturated carbocycles. The lowest BCUT2D eigenvalue weighted by Crippen LogP contribution is -2.32. The van der Waals surface area contributed by atoms with Crippen LogP contribution in [0, 0.1) is 0 Å². The van der Waals surface area contributed by atoms with Crippen LogP contribution in [0.3, 0.4) is 0 Å². The number of hydrogen-bond acceptors (Lipinski definition) is 5. The molecule has 0 unspecified atom stereocenters. The molecule has 20 heavy (non-hydrogen) atoms. The van der Waals surface area contributed by atoms with Crippen molar-refractivity contribution in [2.24, 2.45) is 0 Å². The molecule has 0 atom stereocenters. The van der Waals surface area contributed by atoms with E-state index in [1.54, 1.807) is 13.8 Å². The fourth-order valence-corrected chi connectivity index (χ4v) is 2.08. The van der Waals surface area contributed by atoms with Gasteiger partial charge in [-0.15, -0.1) is 0 Å². The van der Waals surface area contributed by atoms with Crippen LogP contribution >= 0.6 is 0 Å². The maximum Gasteiger partial charge on any atom is 0.343 e. The van der Waals surface area contributed by atoms with Crippen LogP contribution in [-0.2, 0) is 11.3 Å². The highest BCUT2D eigenvalue weighted by atomic mass is 16.5. The number of fused-ring (bicyclic) bond motifs is 1. The third kappa shape index (κ3) is 2.09. The molecular formula is C14H13NO5. The van der Waals surface area contributed by atoms with E-state index in [1.807, 2.05) is 0 Å². The van der Waals surface area contributed by atoms with Gasteiger partial charge in [0, 0.05) is 12.7 Å². The van der Waals surface area contributed by atoms with Crippen LogP contribution < -0.4 is 5.43 Å². The SMILES string of the molecule is CCOC(=O)c1cn(CC)c2c(c1=O)C(=O)C=CC2=O. The van der Waals surface area contributed by atoms with Crippen molar-refractivity contribution in [3.05, 3.63) is 45.4 Å². The van der Waals surface area contributed by atoms with Crippen molar-refractivity contribution in [1.82, 2.24) is 4.57 Å². The fraction of sp³-hybridized carbons (Fsp3) is 0.286. The van der Waals surface area contributed by atoms with Crippen LogP contribution in [0.4, 0.5) is 0 Å². The number of carbonyl (C=O) groups excluding carboxylic acids is 3.